The molecule has 24 heavy (non-hydrogen) atoms. The highest BCUT2D eigenvalue weighted by molar-refractivity contribution is 7.99. The van der Waals surface area contributed by atoms with Crippen molar-refractivity contribution in [3.8, 4) is 0 Å². The van der Waals surface area contributed by atoms with Crippen LogP contribution in [0.2, 0.25) is 0 Å². The van der Waals surface area contributed by atoms with E-state index in [9.17, 15) is 4.79 Å². The van der Waals surface area contributed by atoms with Gasteiger partial charge in [-0.1, -0.05) is 12.1 Å². The molecule has 0 unspecified atom stereocenters. The maximum absolute atomic E-state index is 12.1. The van der Waals surface area contributed by atoms with Crippen molar-refractivity contribution in [2.45, 2.75) is 13.5 Å². The van der Waals surface area contributed by atoms with Gasteiger partial charge in [0, 0.05) is 54.5 Å². The van der Waals surface area contributed by atoms with E-state index in [0.717, 1.165) is 35.9 Å². The molecule has 1 N–H and O–H groups in total. The van der Waals surface area contributed by atoms with E-state index in [1.54, 1.807) is 12.3 Å². The first-order chi connectivity index (χ1) is 11.7. The summed E-state index contributed by atoms with van der Waals surface area (Å²) >= 11 is 3.53. The minimum atomic E-state index is -0.125. The Labute approximate surface area is 151 Å². The molecule has 0 spiro atoms. The lowest BCUT2D eigenvalue weighted by Crippen LogP contribution is -2.32. The van der Waals surface area contributed by atoms with Gasteiger partial charge in [0.2, 0.25) is 5.91 Å². The normalized spacial score (nSPS) is 15.7. The van der Waals surface area contributed by atoms with Crippen molar-refractivity contribution in [2.75, 3.05) is 29.9 Å². The number of anilines is 1. The lowest BCUT2D eigenvalue weighted by atomic mass is 10.1. The van der Waals surface area contributed by atoms with Crippen LogP contribution in [0.3, 0.4) is 0 Å². The smallest absolute Gasteiger partial charge is 0.248 e. The second-order valence-electron chi connectivity index (χ2n) is 5.67. The number of thioether (sulfide) groups is 1. The quantitative estimate of drug-likeness (QED) is 0.828. The van der Waals surface area contributed by atoms with Crippen molar-refractivity contribution in [2.24, 2.45) is 0 Å². The Balaban J connectivity index is 1.65. The molecule has 1 amide bonds. The summed E-state index contributed by atoms with van der Waals surface area (Å²) in [5.41, 5.74) is 3.31. The molecule has 1 aromatic heterocycles. The van der Waals surface area contributed by atoms with E-state index in [0.29, 0.717) is 0 Å². The molecule has 1 saturated heterocycles. The second-order valence-corrected chi connectivity index (χ2v) is 7.82. The van der Waals surface area contributed by atoms with Gasteiger partial charge in [0.1, 0.15) is 5.01 Å². The summed E-state index contributed by atoms with van der Waals surface area (Å²) < 4.78 is 0. The topological polar surface area (TPSA) is 45.2 Å². The molecule has 2 aromatic rings. The Kier molecular flexibility index (Phi) is 6.07. The van der Waals surface area contributed by atoms with Crippen LogP contribution in [0.25, 0.3) is 6.08 Å². The highest BCUT2D eigenvalue weighted by atomic mass is 32.2. The highest BCUT2D eigenvalue weighted by Gasteiger charge is 2.13. The number of nitrogens with one attached hydrogen (secondary N) is 1. The molecule has 126 valence electrons. The number of aromatic nitrogens is 1. The van der Waals surface area contributed by atoms with E-state index in [1.807, 2.05) is 29.3 Å². The molecule has 0 bridgehead atoms. The lowest BCUT2D eigenvalue weighted by molar-refractivity contribution is -0.111. The molecule has 0 atom stereocenters. The minimum Gasteiger partial charge on any atom is -0.322 e. The molecule has 1 fully saturated rings. The van der Waals surface area contributed by atoms with Gasteiger partial charge in [-0.05, 0) is 30.2 Å². The Morgan fingerprint density at radius 1 is 1.38 bits per heavy atom. The molecule has 3 rings (SSSR count). The van der Waals surface area contributed by atoms with Crippen LogP contribution in [0.5, 0.6) is 0 Å². The van der Waals surface area contributed by atoms with Crippen LogP contribution >= 0.6 is 23.1 Å². The number of carbonyl (C=O) groups is 1. The molecule has 1 aromatic carbocycles. The van der Waals surface area contributed by atoms with Crippen LogP contribution in [0.1, 0.15) is 16.1 Å². The number of carbonyl (C=O) groups excluding carboxylic acids is 1. The first-order valence-electron chi connectivity index (χ1n) is 7.99. The zero-order valence-electron chi connectivity index (χ0n) is 13.7. The SMILES string of the molecule is Cc1c(CN2CCSCC2)cccc1NC(=O)/C=C/c1nccs1. The molecule has 2 heterocycles. The van der Waals surface area contributed by atoms with Gasteiger partial charge < -0.3 is 5.32 Å². The Morgan fingerprint density at radius 2 is 2.21 bits per heavy atom. The van der Waals surface area contributed by atoms with Crippen LogP contribution < -0.4 is 5.32 Å². The number of benzene rings is 1. The zero-order valence-corrected chi connectivity index (χ0v) is 15.3. The van der Waals surface area contributed by atoms with Crippen molar-refractivity contribution >= 4 is 40.8 Å². The van der Waals surface area contributed by atoms with E-state index >= 15 is 0 Å². The standard InChI is InChI=1S/C18H21N3OS2/c1-14-15(13-21-8-11-23-12-9-21)3-2-4-16(14)20-17(22)5-6-18-19-7-10-24-18/h2-7,10H,8-9,11-13H2,1H3,(H,20,22)/b6-5+. The summed E-state index contributed by atoms with van der Waals surface area (Å²) in [5, 5.41) is 5.70. The molecule has 4 nitrogen and oxygen atoms in total. The largest absolute Gasteiger partial charge is 0.322 e. The number of thiazole rings is 1. The number of rotatable bonds is 5. The third kappa shape index (κ3) is 4.69. The molecular formula is C18H21N3OS2. The van der Waals surface area contributed by atoms with Gasteiger partial charge in [0.15, 0.2) is 0 Å². The average Bonchev–Trinajstić information content (AvgIpc) is 3.11. The fourth-order valence-corrected chi connectivity index (χ4v) is 4.14. The van der Waals surface area contributed by atoms with Crippen molar-refractivity contribution < 1.29 is 4.79 Å². The van der Waals surface area contributed by atoms with Gasteiger partial charge in [0.05, 0.1) is 0 Å². The zero-order chi connectivity index (χ0) is 16.8. The number of nitrogens with zero attached hydrogens (tertiary/aromatic N) is 2. The van der Waals surface area contributed by atoms with Crippen LogP contribution in [0, 0.1) is 6.92 Å². The monoisotopic (exact) mass is 359 g/mol. The fourth-order valence-electron chi connectivity index (χ4n) is 2.63. The molecule has 0 aliphatic carbocycles. The van der Waals surface area contributed by atoms with Crippen LogP contribution in [-0.2, 0) is 11.3 Å². The lowest BCUT2D eigenvalue weighted by Gasteiger charge is -2.27. The van der Waals surface area contributed by atoms with Crippen LogP contribution in [0.4, 0.5) is 5.69 Å². The maximum atomic E-state index is 12.1. The average molecular weight is 360 g/mol. The van der Waals surface area contributed by atoms with Gasteiger partial charge in [-0.15, -0.1) is 11.3 Å². The van der Waals surface area contributed by atoms with Gasteiger partial charge in [-0.25, -0.2) is 4.98 Å². The third-order valence-electron chi connectivity index (χ3n) is 4.03. The van der Waals surface area contributed by atoms with Crippen LogP contribution in [0.15, 0.2) is 35.9 Å². The molecular weight excluding hydrogens is 338 g/mol. The predicted molar refractivity (Wildman–Crippen MR) is 104 cm³/mol. The van der Waals surface area contributed by atoms with E-state index in [4.69, 9.17) is 0 Å². The van der Waals surface area contributed by atoms with E-state index < -0.39 is 0 Å². The number of hydrogen-bond donors (Lipinski definition) is 1. The van der Waals surface area contributed by atoms with E-state index in [2.05, 4.69) is 28.2 Å². The van der Waals surface area contributed by atoms with E-state index in [1.165, 1.54) is 34.5 Å². The Hall–Kier alpha value is -1.63. The summed E-state index contributed by atoms with van der Waals surface area (Å²) in [6, 6.07) is 6.12. The van der Waals surface area contributed by atoms with Crippen molar-refractivity contribution in [3.63, 3.8) is 0 Å². The Morgan fingerprint density at radius 3 is 2.96 bits per heavy atom. The predicted octanol–water partition coefficient (Wildman–Crippen LogP) is 3.65. The van der Waals surface area contributed by atoms with Crippen molar-refractivity contribution in [1.29, 1.82) is 0 Å². The number of amides is 1. The first-order valence-corrected chi connectivity index (χ1v) is 10.0. The summed E-state index contributed by atoms with van der Waals surface area (Å²) in [4.78, 5) is 18.7. The van der Waals surface area contributed by atoms with Gasteiger partial charge in [0.25, 0.3) is 0 Å². The van der Waals surface area contributed by atoms with Gasteiger partial charge in [-0.3, -0.25) is 9.69 Å². The minimum absolute atomic E-state index is 0.125. The fraction of sp³-hybridized carbons (Fsp3) is 0.333. The molecule has 1 aliphatic rings. The maximum Gasteiger partial charge on any atom is 0.248 e. The summed E-state index contributed by atoms with van der Waals surface area (Å²) in [6.07, 6.45) is 5.01. The molecule has 0 radical (unpaired) electrons. The summed E-state index contributed by atoms with van der Waals surface area (Å²) in [7, 11) is 0. The van der Waals surface area contributed by atoms with Gasteiger partial charge >= 0.3 is 0 Å². The summed E-state index contributed by atoms with van der Waals surface area (Å²) in [5.74, 6) is 2.29. The van der Waals surface area contributed by atoms with Crippen molar-refractivity contribution in [3.05, 3.63) is 52.0 Å². The molecule has 1 aliphatic heterocycles. The molecule has 6 heteroatoms. The van der Waals surface area contributed by atoms with Gasteiger partial charge in [-0.2, -0.15) is 11.8 Å². The summed E-state index contributed by atoms with van der Waals surface area (Å²) in [6.45, 7) is 5.30. The highest BCUT2D eigenvalue weighted by Crippen LogP contribution is 2.22. The Bertz CT molecular complexity index is 707. The van der Waals surface area contributed by atoms with Crippen molar-refractivity contribution in [1.82, 2.24) is 9.88 Å². The van der Waals surface area contributed by atoms with E-state index in [-0.39, 0.29) is 5.91 Å². The number of hydrogen-bond acceptors (Lipinski definition) is 5. The first kappa shape index (κ1) is 17.2. The second kappa shape index (κ2) is 8.46. The molecule has 0 saturated carbocycles. The third-order valence-corrected chi connectivity index (χ3v) is 5.71. The van der Waals surface area contributed by atoms with Crippen LogP contribution in [-0.4, -0.2) is 40.4 Å².